The maximum atomic E-state index is 5.76. The van der Waals surface area contributed by atoms with Crippen LogP contribution in [-0.2, 0) is 0 Å². The Bertz CT molecular complexity index is 407. The molecule has 3 rings (SSSR count). The SMILES string of the molecule is CC1CN(C2CCOc3ccccc32)CCCN1. The van der Waals surface area contributed by atoms with Crippen LogP contribution in [0.25, 0.3) is 0 Å². The van der Waals surface area contributed by atoms with Crippen molar-refractivity contribution in [3.05, 3.63) is 29.8 Å². The largest absolute Gasteiger partial charge is 0.493 e. The summed E-state index contributed by atoms with van der Waals surface area (Å²) in [6, 6.07) is 9.64. The van der Waals surface area contributed by atoms with Gasteiger partial charge >= 0.3 is 0 Å². The number of nitrogens with zero attached hydrogens (tertiary/aromatic N) is 1. The van der Waals surface area contributed by atoms with Gasteiger partial charge in [-0.15, -0.1) is 0 Å². The lowest BCUT2D eigenvalue weighted by Gasteiger charge is -2.35. The lowest BCUT2D eigenvalue weighted by Crippen LogP contribution is -2.39. The molecule has 2 atom stereocenters. The van der Waals surface area contributed by atoms with E-state index in [2.05, 4.69) is 41.4 Å². The molecule has 18 heavy (non-hydrogen) atoms. The maximum Gasteiger partial charge on any atom is 0.124 e. The lowest BCUT2D eigenvalue weighted by atomic mass is 9.98. The normalized spacial score (nSPS) is 29.2. The summed E-state index contributed by atoms with van der Waals surface area (Å²) in [4.78, 5) is 2.63. The van der Waals surface area contributed by atoms with E-state index in [-0.39, 0.29) is 0 Å². The number of nitrogens with one attached hydrogen (secondary N) is 1. The summed E-state index contributed by atoms with van der Waals surface area (Å²) in [7, 11) is 0. The van der Waals surface area contributed by atoms with E-state index in [1.54, 1.807) is 0 Å². The Hall–Kier alpha value is -1.06. The molecule has 0 spiro atoms. The van der Waals surface area contributed by atoms with E-state index in [0.29, 0.717) is 12.1 Å². The Morgan fingerprint density at radius 1 is 1.33 bits per heavy atom. The van der Waals surface area contributed by atoms with Crippen molar-refractivity contribution in [2.24, 2.45) is 0 Å². The van der Waals surface area contributed by atoms with E-state index in [0.717, 1.165) is 31.9 Å². The minimum absolute atomic E-state index is 0.539. The summed E-state index contributed by atoms with van der Waals surface area (Å²) in [5, 5.41) is 3.56. The van der Waals surface area contributed by atoms with Crippen molar-refractivity contribution in [1.82, 2.24) is 10.2 Å². The minimum Gasteiger partial charge on any atom is -0.493 e. The van der Waals surface area contributed by atoms with Crippen LogP contribution in [0, 0.1) is 0 Å². The van der Waals surface area contributed by atoms with Crippen molar-refractivity contribution in [2.45, 2.75) is 31.8 Å². The fourth-order valence-corrected chi connectivity index (χ4v) is 3.12. The zero-order valence-corrected chi connectivity index (χ0v) is 11.1. The molecule has 1 aromatic carbocycles. The number of benzene rings is 1. The van der Waals surface area contributed by atoms with E-state index >= 15 is 0 Å². The molecule has 1 N–H and O–H groups in total. The van der Waals surface area contributed by atoms with Crippen LogP contribution in [0.5, 0.6) is 5.75 Å². The van der Waals surface area contributed by atoms with Crippen LogP contribution in [0.15, 0.2) is 24.3 Å². The average molecular weight is 246 g/mol. The Morgan fingerprint density at radius 3 is 3.17 bits per heavy atom. The number of rotatable bonds is 1. The first-order valence-corrected chi connectivity index (χ1v) is 7.04. The third-order valence-electron chi connectivity index (χ3n) is 3.99. The van der Waals surface area contributed by atoms with Gasteiger partial charge in [0, 0.05) is 37.2 Å². The van der Waals surface area contributed by atoms with Crippen LogP contribution in [0.4, 0.5) is 0 Å². The van der Waals surface area contributed by atoms with Crippen LogP contribution in [0.3, 0.4) is 0 Å². The predicted octanol–water partition coefficient (Wildman–Crippen LogP) is 2.19. The molecule has 0 bridgehead atoms. The van der Waals surface area contributed by atoms with Gasteiger partial charge in [-0.05, 0) is 26.0 Å². The predicted molar refractivity (Wildman–Crippen MR) is 72.9 cm³/mol. The minimum atomic E-state index is 0.539. The first-order valence-electron chi connectivity index (χ1n) is 7.04. The first kappa shape index (κ1) is 12.0. The topological polar surface area (TPSA) is 24.5 Å². The van der Waals surface area contributed by atoms with E-state index in [1.165, 1.54) is 18.5 Å². The number of hydrogen-bond donors (Lipinski definition) is 1. The molecular weight excluding hydrogens is 224 g/mol. The number of ether oxygens (including phenoxy) is 1. The molecule has 1 saturated heterocycles. The van der Waals surface area contributed by atoms with E-state index in [4.69, 9.17) is 4.74 Å². The van der Waals surface area contributed by atoms with Crippen molar-refractivity contribution in [1.29, 1.82) is 0 Å². The molecule has 0 saturated carbocycles. The van der Waals surface area contributed by atoms with Crippen LogP contribution in [-0.4, -0.2) is 37.2 Å². The molecule has 0 aliphatic carbocycles. The summed E-state index contributed by atoms with van der Waals surface area (Å²) in [6.07, 6.45) is 2.35. The van der Waals surface area contributed by atoms with Crippen molar-refractivity contribution in [3.8, 4) is 5.75 Å². The molecule has 2 aliphatic heterocycles. The lowest BCUT2D eigenvalue weighted by molar-refractivity contribution is 0.139. The second-order valence-corrected chi connectivity index (χ2v) is 5.39. The molecule has 0 amide bonds. The van der Waals surface area contributed by atoms with Crippen LogP contribution in [0.1, 0.15) is 31.4 Å². The second-order valence-electron chi connectivity index (χ2n) is 5.39. The molecule has 1 fully saturated rings. The Morgan fingerprint density at radius 2 is 2.22 bits per heavy atom. The van der Waals surface area contributed by atoms with Crippen molar-refractivity contribution < 1.29 is 4.74 Å². The molecule has 2 heterocycles. The van der Waals surface area contributed by atoms with E-state index in [1.807, 2.05) is 0 Å². The highest BCUT2D eigenvalue weighted by molar-refractivity contribution is 5.37. The molecule has 0 aromatic heterocycles. The maximum absolute atomic E-state index is 5.76. The molecular formula is C15H22N2O. The number of fused-ring (bicyclic) bond motifs is 1. The fraction of sp³-hybridized carbons (Fsp3) is 0.600. The molecule has 98 valence electrons. The summed E-state index contributed by atoms with van der Waals surface area (Å²) in [6.45, 7) is 6.60. The van der Waals surface area contributed by atoms with Gasteiger partial charge in [0.2, 0.25) is 0 Å². The van der Waals surface area contributed by atoms with Gasteiger partial charge in [-0.25, -0.2) is 0 Å². The molecule has 2 unspecified atom stereocenters. The Labute approximate surface area is 109 Å². The van der Waals surface area contributed by atoms with Gasteiger partial charge in [0.15, 0.2) is 0 Å². The van der Waals surface area contributed by atoms with Gasteiger partial charge in [-0.1, -0.05) is 18.2 Å². The quantitative estimate of drug-likeness (QED) is 0.822. The smallest absolute Gasteiger partial charge is 0.124 e. The average Bonchev–Trinajstić information content (AvgIpc) is 2.63. The van der Waals surface area contributed by atoms with Gasteiger partial charge in [0.1, 0.15) is 5.75 Å². The highest BCUT2D eigenvalue weighted by Gasteiger charge is 2.28. The van der Waals surface area contributed by atoms with Gasteiger partial charge < -0.3 is 10.1 Å². The molecule has 1 aromatic rings. The van der Waals surface area contributed by atoms with Crippen LogP contribution < -0.4 is 10.1 Å². The third kappa shape index (κ3) is 2.38. The summed E-state index contributed by atoms with van der Waals surface area (Å²) in [5.74, 6) is 1.08. The van der Waals surface area contributed by atoms with Gasteiger partial charge in [-0.3, -0.25) is 4.90 Å². The van der Waals surface area contributed by atoms with Crippen molar-refractivity contribution in [2.75, 3.05) is 26.2 Å². The third-order valence-corrected chi connectivity index (χ3v) is 3.99. The van der Waals surface area contributed by atoms with E-state index < -0.39 is 0 Å². The molecule has 0 radical (unpaired) electrons. The standard InChI is InChI=1S/C15H22N2O/c1-12-11-17(9-4-8-16-12)14-7-10-18-15-6-3-2-5-13(14)15/h2-3,5-6,12,14,16H,4,7-11H2,1H3. The highest BCUT2D eigenvalue weighted by atomic mass is 16.5. The molecule has 3 heteroatoms. The fourth-order valence-electron chi connectivity index (χ4n) is 3.12. The molecule has 3 nitrogen and oxygen atoms in total. The zero-order chi connectivity index (χ0) is 12.4. The monoisotopic (exact) mass is 246 g/mol. The summed E-state index contributed by atoms with van der Waals surface area (Å²) < 4.78 is 5.76. The van der Waals surface area contributed by atoms with Crippen LogP contribution in [0.2, 0.25) is 0 Å². The van der Waals surface area contributed by atoms with Crippen molar-refractivity contribution >= 4 is 0 Å². The second kappa shape index (κ2) is 5.29. The van der Waals surface area contributed by atoms with E-state index in [9.17, 15) is 0 Å². The molecule has 2 aliphatic rings. The number of para-hydroxylation sites is 1. The Balaban J connectivity index is 1.84. The summed E-state index contributed by atoms with van der Waals surface area (Å²) >= 11 is 0. The number of hydrogen-bond acceptors (Lipinski definition) is 3. The van der Waals surface area contributed by atoms with Gasteiger partial charge in [0.25, 0.3) is 0 Å². The highest BCUT2D eigenvalue weighted by Crippen LogP contribution is 2.36. The van der Waals surface area contributed by atoms with Gasteiger partial charge in [0.05, 0.1) is 6.61 Å². The Kier molecular flexibility index (Phi) is 3.52. The zero-order valence-electron chi connectivity index (χ0n) is 11.1. The van der Waals surface area contributed by atoms with Gasteiger partial charge in [-0.2, -0.15) is 0 Å². The summed E-state index contributed by atoms with van der Waals surface area (Å²) in [5.41, 5.74) is 1.37. The first-order chi connectivity index (χ1) is 8.84. The van der Waals surface area contributed by atoms with Crippen molar-refractivity contribution in [3.63, 3.8) is 0 Å². The van der Waals surface area contributed by atoms with Crippen LogP contribution >= 0.6 is 0 Å².